The van der Waals surface area contributed by atoms with Crippen molar-refractivity contribution in [1.29, 1.82) is 0 Å². The van der Waals surface area contributed by atoms with Crippen molar-refractivity contribution < 1.29 is 4.74 Å². The molecule has 0 spiro atoms. The van der Waals surface area contributed by atoms with E-state index in [0.29, 0.717) is 16.4 Å². The monoisotopic (exact) mass is 285 g/mol. The van der Waals surface area contributed by atoms with Gasteiger partial charge in [0.05, 0.1) is 7.11 Å². The summed E-state index contributed by atoms with van der Waals surface area (Å²) in [6.45, 7) is 2.01. The maximum absolute atomic E-state index is 6.05. The Labute approximate surface area is 121 Å². The fourth-order valence-electron chi connectivity index (χ4n) is 2.15. The molecule has 4 nitrogen and oxygen atoms in total. The van der Waals surface area contributed by atoms with Crippen LogP contribution >= 0.6 is 11.6 Å². The molecule has 1 aromatic carbocycles. The van der Waals surface area contributed by atoms with Gasteiger partial charge in [0.15, 0.2) is 5.15 Å². The van der Waals surface area contributed by atoms with Crippen LogP contribution in [0.3, 0.4) is 0 Å². The topological polar surface area (TPSA) is 47.9 Å². The first-order chi connectivity index (χ1) is 9.70. The third-order valence-corrected chi connectivity index (χ3v) is 3.36. The number of benzene rings is 1. The molecule has 100 valence electrons. The minimum Gasteiger partial charge on any atom is -0.496 e. The van der Waals surface area contributed by atoms with Crippen molar-refractivity contribution in [3.05, 3.63) is 47.2 Å². The molecule has 0 unspecified atom stereocenters. The second-order valence-corrected chi connectivity index (χ2v) is 4.80. The fraction of sp³-hybridized carbons (Fsp3) is 0.133. The number of hydrogen-bond donors (Lipinski definition) is 0. The molecule has 0 atom stereocenters. The van der Waals surface area contributed by atoms with E-state index >= 15 is 0 Å². The third kappa shape index (κ3) is 2.08. The average molecular weight is 286 g/mol. The molecule has 0 amide bonds. The zero-order valence-corrected chi connectivity index (χ0v) is 11.8. The first-order valence-electron chi connectivity index (χ1n) is 6.12. The lowest BCUT2D eigenvalue weighted by molar-refractivity contribution is 0.416. The Kier molecular flexibility index (Phi) is 3.24. The van der Waals surface area contributed by atoms with Crippen LogP contribution in [0.15, 0.2) is 36.5 Å². The molecule has 0 saturated carbocycles. The third-order valence-electron chi connectivity index (χ3n) is 3.11. The number of aromatic nitrogens is 3. The highest BCUT2D eigenvalue weighted by atomic mass is 35.5. The van der Waals surface area contributed by atoms with Gasteiger partial charge in [-0.25, -0.2) is 0 Å². The summed E-state index contributed by atoms with van der Waals surface area (Å²) in [7, 11) is 1.64. The van der Waals surface area contributed by atoms with Crippen LogP contribution in [0, 0.1) is 6.92 Å². The smallest absolute Gasteiger partial charge is 0.177 e. The van der Waals surface area contributed by atoms with Gasteiger partial charge in [-0.2, -0.15) is 0 Å². The van der Waals surface area contributed by atoms with E-state index in [4.69, 9.17) is 16.3 Å². The van der Waals surface area contributed by atoms with Gasteiger partial charge in [0.1, 0.15) is 17.0 Å². The molecule has 20 heavy (non-hydrogen) atoms. The van der Waals surface area contributed by atoms with Crippen molar-refractivity contribution in [3.8, 4) is 17.0 Å². The Morgan fingerprint density at radius 1 is 1.15 bits per heavy atom. The van der Waals surface area contributed by atoms with Crippen LogP contribution in [0.4, 0.5) is 0 Å². The quantitative estimate of drug-likeness (QED) is 0.721. The fourth-order valence-corrected chi connectivity index (χ4v) is 2.34. The number of nitrogens with zero attached hydrogens (tertiary/aromatic N) is 3. The van der Waals surface area contributed by atoms with Crippen molar-refractivity contribution in [2.24, 2.45) is 0 Å². The van der Waals surface area contributed by atoms with Crippen molar-refractivity contribution in [2.45, 2.75) is 6.92 Å². The molecule has 0 saturated heterocycles. The zero-order valence-electron chi connectivity index (χ0n) is 11.1. The lowest BCUT2D eigenvalue weighted by Crippen LogP contribution is -1.96. The highest BCUT2D eigenvalue weighted by molar-refractivity contribution is 6.34. The summed E-state index contributed by atoms with van der Waals surface area (Å²) in [4.78, 5) is 4.26. The molecule has 0 aliphatic carbocycles. The first kappa shape index (κ1) is 12.8. The Balaban J connectivity index is 2.33. The van der Waals surface area contributed by atoms with Crippen LogP contribution in [-0.2, 0) is 0 Å². The van der Waals surface area contributed by atoms with Crippen LogP contribution in [0.25, 0.3) is 22.2 Å². The Morgan fingerprint density at radius 2 is 2.00 bits per heavy atom. The lowest BCUT2D eigenvalue weighted by atomic mass is 10.0. The number of pyridine rings is 1. The van der Waals surface area contributed by atoms with Crippen LogP contribution < -0.4 is 4.74 Å². The minimum absolute atomic E-state index is 0.301. The van der Waals surface area contributed by atoms with E-state index in [1.165, 1.54) is 0 Å². The minimum atomic E-state index is 0.301. The van der Waals surface area contributed by atoms with E-state index in [0.717, 1.165) is 22.3 Å². The molecular weight excluding hydrogens is 274 g/mol. The number of rotatable bonds is 2. The molecule has 0 aliphatic rings. The Hall–Kier alpha value is -2.20. The molecular formula is C15H12ClN3O. The normalized spacial score (nSPS) is 10.8. The number of aryl methyl sites for hydroxylation is 1. The maximum atomic E-state index is 6.05. The van der Waals surface area contributed by atoms with Gasteiger partial charge in [-0.15, -0.1) is 10.2 Å². The van der Waals surface area contributed by atoms with Gasteiger partial charge in [-0.05, 0) is 36.8 Å². The van der Waals surface area contributed by atoms with E-state index in [9.17, 15) is 0 Å². The molecule has 0 bridgehead atoms. The number of fused-ring (bicyclic) bond motifs is 1. The van der Waals surface area contributed by atoms with E-state index in [-0.39, 0.29) is 0 Å². The largest absolute Gasteiger partial charge is 0.496 e. The second-order valence-electron chi connectivity index (χ2n) is 4.44. The molecule has 0 radical (unpaired) electrons. The van der Waals surface area contributed by atoms with Gasteiger partial charge in [-0.1, -0.05) is 17.7 Å². The number of ether oxygens (including phenoxy) is 1. The SMILES string of the molecule is COc1cc(C)ccc1-c1nnc(Cl)c2ncccc12. The second kappa shape index (κ2) is 5.06. The van der Waals surface area contributed by atoms with Gasteiger partial charge in [0.2, 0.25) is 0 Å². The van der Waals surface area contributed by atoms with E-state index in [1.807, 2.05) is 37.3 Å². The van der Waals surface area contributed by atoms with Crippen LogP contribution in [0.5, 0.6) is 5.75 Å². The Morgan fingerprint density at radius 3 is 2.80 bits per heavy atom. The van der Waals surface area contributed by atoms with E-state index in [1.54, 1.807) is 13.3 Å². The van der Waals surface area contributed by atoms with Gasteiger partial charge in [0, 0.05) is 17.1 Å². The van der Waals surface area contributed by atoms with E-state index < -0.39 is 0 Å². The summed E-state index contributed by atoms with van der Waals surface area (Å²) in [6, 6.07) is 9.73. The summed E-state index contributed by atoms with van der Waals surface area (Å²) in [5, 5.41) is 9.35. The highest BCUT2D eigenvalue weighted by Crippen LogP contribution is 2.34. The standard InChI is InChI=1S/C15H12ClN3O/c1-9-5-6-10(12(8-9)20-2)13-11-4-3-7-17-14(11)15(16)19-18-13/h3-8H,1-2H3. The van der Waals surface area contributed by atoms with Gasteiger partial charge in [-0.3, -0.25) is 4.98 Å². The van der Waals surface area contributed by atoms with Crippen molar-refractivity contribution >= 4 is 22.5 Å². The van der Waals surface area contributed by atoms with Crippen LogP contribution in [-0.4, -0.2) is 22.3 Å². The molecule has 2 aromatic heterocycles. The summed E-state index contributed by atoms with van der Waals surface area (Å²) < 4.78 is 5.44. The molecule has 0 fully saturated rings. The summed E-state index contributed by atoms with van der Waals surface area (Å²) in [5.41, 5.74) is 3.35. The first-order valence-corrected chi connectivity index (χ1v) is 6.50. The van der Waals surface area contributed by atoms with Crippen molar-refractivity contribution in [1.82, 2.24) is 15.2 Å². The molecule has 3 rings (SSSR count). The molecule has 5 heteroatoms. The van der Waals surface area contributed by atoms with Crippen LogP contribution in [0.2, 0.25) is 5.15 Å². The zero-order chi connectivity index (χ0) is 14.1. The predicted octanol–water partition coefficient (Wildman–Crippen LogP) is 3.66. The number of halogens is 1. The van der Waals surface area contributed by atoms with Crippen molar-refractivity contribution in [3.63, 3.8) is 0 Å². The molecule has 0 N–H and O–H groups in total. The van der Waals surface area contributed by atoms with Gasteiger partial charge in [0.25, 0.3) is 0 Å². The summed E-state index contributed by atoms with van der Waals surface area (Å²) in [5.74, 6) is 0.756. The highest BCUT2D eigenvalue weighted by Gasteiger charge is 2.14. The maximum Gasteiger partial charge on any atom is 0.177 e. The van der Waals surface area contributed by atoms with E-state index in [2.05, 4.69) is 15.2 Å². The number of methoxy groups -OCH3 is 1. The summed E-state index contributed by atoms with van der Waals surface area (Å²) >= 11 is 6.05. The molecule has 3 aromatic rings. The van der Waals surface area contributed by atoms with Gasteiger partial charge >= 0.3 is 0 Å². The molecule has 0 aliphatic heterocycles. The lowest BCUT2D eigenvalue weighted by Gasteiger charge is -2.10. The Bertz CT molecular complexity index is 789. The number of hydrogen-bond acceptors (Lipinski definition) is 4. The van der Waals surface area contributed by atoms with Crippen molar-refractivity contribution in [2.75, 3.05) is 7.11 Å². The predicted molar refractivity (Wildman–Crippen MR) is 79.1 cm³/mol. The summed E-state index contributed by atoms with van der Waals surface area (Å²) in [6.07, 6.45) is 1.69. The molecule has 2 heterocycles. The average Bonchev–Trinajstić information content (AvgIpc) is 2.48. The van der Waals surface area contributed by atoms with Crippen LogP contribution in [0.1, 0.15) is 5.56 Å². The van der Waals surface area contributed by atoms with Gasteiger partial charge < -0.3 is 4.74 Å².